The topological polar surface area (TPSA) is 44.5 Å². The van der Waals surface area contributed by atoms with Crippen molar-refractivity contribution in [3.8, 4) is 5.75 Å². The molecule has 0 aliphatic carbocycles. The molecule has 0 saturated carbocycles. The molecule has 2 atom stereocenters. The third-order valence-electron chi connectivity index (χ3n) is 3.54. The number of hydrogen-bond donors (Lipinski definition) is 1. The van der Waals surface area contributed by atoms with E-state index in [1.54, 1.807) is 0 Å². The van der Waals surface area contributed by atoms with Crippen molar-refractivity contribution in [1.29, 1.82) is 0 Å². The molecule has 1 heterocycles. The summed E-state index contributed by atoms with van der Waals surface area (Å²) in [5.41, 5.74) is 6.15. The highest BCUT2D eigenvalue weighted by Crippen LogP contribution is 2.27. The van der Waals surface area contributed by atoms with Gasteiger partial charge in [-0.15, -0.1) is 0 Å². The molecule has 0 aromatic heterocycles. The van der Waals surface area contributed by atoms with Crippen LogP contribution in [-0.2, 0) is 4.74 Å². The number of benzene rings is 1. The van der Waals surface area contributed by atoms with Gasteiger partial charge in [-0.25, -0.2) is 0 Å². The van der Waals surface area contributed by atoms with Crippen LogP contribution in [0.3, 0.4) is 0 Å². The van der Waals surface area contributed by atoms with Gasteiger partial charge in [0.2, 0.25) is 0 Å². The predicted octanol–water partition coefficient (Wildman–Crippen LogP) is 2.35. The van der Waals surface area contributed by atoms with Crippen LogP contribution >= 0.6 is 0 Å². The largest absolute Gasteiger partial charge is 0.494 e. The fraction of sp³-hybridized carbons (Fsp3) is 0.571. The molecular formula is C14H21NO2. The number of para-hydroxylation sites is 1. The Morgan fingerprint density at radius 2 is 2.18 bits per heavy atom. The van der Waals surface area contributed by atoms with E-state index in [0.717, 1.165) is 38.2 Å². The maximum absolute atomic E-state index is 6.30. The van der Waals surface area contributed by atoms with E-state index in [0.29, 0.717) is 0 Å². The maximum Gasteiger partial charge on any atom is 0.119 e. The second-order valence-corrected chi connectivity index (χ2v) is 4.76. The molecule has 0 bridgehead atoms. The zero-order valence-electron chi connectivity index (χ0n) is 10.4. The molecular weight excluding hydrogens is 214 g/mol. The van der Waals surface area contributed by atoms with Gasteiger partial charge < -0.3 is 15.2 Å². The van der Waals surface area contributed by atoms with E-state index in [1.807, 2.05) is 30.3 Å². The summed E-state index contributed by atoms with van der Waals surface area (Å²) in [7, 11) is 0. The number of nitrogens with two attached hydrogens (primary N) is 1. The van der Waals surface area contributed by atoms with Crippen molar-refractivity contribution in [2.45, 2.75) is 37.8 Å². The van der Waals surface area contributed by atoms with Crippen LogP contribution in [0.2, 0.25) is 0 Å². The minimum atomic E-state index is -0.153. The molecule has 0 amide bonds. The van der Waals surface area contributed by atoms with E-state index >= 15 is 0 Å². The van der Waals surface area contributed by atoms with Crippen molar-refractivity contribution in [2.75, 3.05) is 13.2 Å². The van der Waals surface area contributed by atoms with Gasteiger partial charge in [-0.1, -0.05) is 18.2 Å². The summed E-state index contributed by atoms with van der Waals surface area (Å²) >= 11 is 0. The molecule has 3 heteroatoms. The Kier molecular flexibility index (Phi) is 4.02. The highest BCUT2D eigenvalue weighted by Gasteiger charge is 2.36. The molecule has 94 valence electrons. The SMILES string of the molecule is CC1OCCC1(N)CCCOc1ccccc1. The summed E-state index contributed by atoms with van der Waals surface area (Å²) in [4.78, 5) is 0. The predicted molar refractivity (Wildman–Crippen MR) is 68.1 cm³/mol. The average Bonchev–Trinajstić information content (AvgIpc) is 2.67. The second kappa shape index (κ2) is 5.52. The zero-order valence-corrected chi connectivity index (χ0v) is 10.4. The van der Waals surface area contributed by atoms with Crippen LogP contribution in [0.25, 0.3) is 0 Å². The molecule has 3 nitrogen and oxygen atoms in total. The zero-order chi connectivity index (χ0) is 12.1. The highest BCUT2D eigenvalue weighted by molar-refractivity contribution is 5.20. The summed E-state index contributed by atoms with van der Waals surface area (Å²) in [5, 5.41) is 0. The standard InChI is InChI=1S/C14H21NO2/c1-12-14(15,9-11-16-12)8-5-10-17-13-6-3-2-4-7-13/h2-4,6-7,12H,5,8-11,15H2,1H3. The first-order chi connectivity index (χ1) is 8.21. The van der Waals surface area contributed by atoms with Crippen molar-refractivity contribution in [3.63, 3.8) is 0 Å². The van der Waals surface area contributed by atoms with Gasteiger partial charge >= 0.3 is 0 Å². The maximum atomic E-state index is 6.30. The van der Waals surface area contributed by atoms with Gasteiger partial charge in [0.15, 0.2) is 0 Å². The van der Waals surface area contributed by atoms with Gasteiger partial charge in [0.1, 0.15) is 5.75 Å². The van der Waals surface area contributed by atoms with Gasteiger partial charge in [0.25, 0.3) is 0 Å². The molecule has 1 fully saturated rings. The Bertz CT molecular complexity index is 341. The third-order valence-corrected chi connectivity index (χ3v) is 3.54. The Morgan fingerprint density at radius 3 is 2.82 bits per heavy atom. The first-order valence-corrected chi connectivity index (χ1v) is 6.29. The van der Waals surface area contributed by atoms with Gasteiger partial charge in [-0.05, 0) is 38.3 Å². The summed E-state index contributed by atoms with van der Waals surface area (Å²) in [6.45, 7) is 3.57. The molecule has 0 radical (unpaired) electrons. The smallest absolute Gasteiger partial charge is 0.119 e. The second-order valence-electron chi connectivity index (χ2n) is 4.76. The van der Waals surface area contributed by atoms with Crippen molar-refractivity contribution in [1.82, 2.24) is 0 Å². The lowest BCUT2D eigenvalue weighted by molar-refractivity contribution is 0.0907. The highest BCUT2D eigenvalue weighted by atomic mass is 16.5. The molecule has 1 saturated heterocycles. The van der Waals surface area contributed by atoms with Crippen LogP contribution in [0.1, 0.15) is 26.2 Å². The number of ether oxygens (including phenoxy) is 2. The van der Waals surface area contributed by atoms with E-state index in [9.17, 15) is 0 Å². The molecule has 1 aromatic carbocycles. The molecule has 0 spiro atoms. The number of hydrogen-bond acceptors (Lipinski definition) is 3. The van der Waals surface area contributed by atoms with E-state index < -0.39 is 0 Å². The fourth-order valence-electron chi connectivity index (χ4n) is 2.23. The van der Waals surface area contributed by atoms with E-state index in [1.165, 1.54) is 0 Å². The van der Waals surface area contributed by atoms with Crippen molar-refractivity contribution < 1.29 is 9.47 Å². The van der Waals surface area contributed by atoms with E-state index in [2.05, 4.69) is 6.92 Å². The minimum Gasteiger partial charge on any atom is -0.494 e. The first-order valence-electron chi connectivity index (χ1n) is 6.29. The van der Waals surface area contributed by atoms with Crippen molar-refractivity contribution in [2.24, 2.45) is 5.73 Å². The Morgan fingerprint density at radius 1 is 1.41 bits per heavy atom. The average molecular weight is 235 g/mol. The molecule has 1 aliphatic rings. The molecule has 2 rings (SSSR count). The van der Waals surface area contributed by atoms with Gasteiger partial charge in [0, 0.05) is 12.1 Å². The summed E-state index contributed by atoms with van der Waals surface area (Å²) in [5.74, 6) is 0.925. The van der Waals surface area contributed by atoms with Crippen LogP contribution in [0.4, 0.5) is 0 Å². The van der Waals surface area contributed by atoms with E-state index in [-0.39, 0.29) is 11.6 Å². The fourth-order valence-corrected chi connectivity index (χ4v) is 2.23. The summed E-state index contributed by atoms with van der Waals surface area (Å²) < 4.78 is 11.2. The molecule has 17 heavy (non-hydrogen) atoms. The molecule has 1 aliphatic heterocycles. The lowest BCUT2D eigenvalue weighted by Crippen LogP contribution is -2.46. The van der Waals surface area contributed by atoms with Crippen LogP contribution < -0.4 is 10.5 Å². The Balaban J connectivity index is 1.70. The van der Waals surface area contributed by atoms with Gasteiger partial charge in [-0.3, -0.25) is 0 Å². The monoisotopic (exact) mass is 235 g/mol. The van der Waals surface area contributed by atoms with Crippen LogP contribution in [0, 0.1) is 0 Å². The van der Waals surface area contributed by atoms with Gasteiger partial charge in [0.05, 0.1) is 12.7 Å². The van der Waals surface area contributed by atoms with Crippen molar-refractivity contribution in [3.05, 3.63) is 30.3 Å². The number of rotatable bonds is 5. The molecule has 2 N–H and O–H groups in total. The van der Waals surface area contributed by atoms with Gasteiger partial charge in [-0.2, -0.15) is 0 Å². The third kappa shape index (κ3) is 3.20. The molecule has 1 aromatic rings. The summed E-state index contributed by atoms with van der Waals surface area (Å²) in [6.07, 6.45) is 3.05. The van der Waals surface area contributed by atoms with E-state index in [4.69, 9.17) is 15.2 Å². The minimum absolute atomic E-state index is 0.153. The lowest BCUT2D eigenvalue weighted by Gasteiger charge is -2.27. The molecule has 2 unspecified atom stereocenters. The van der Waals surface area contributed by atoms with Crippen LogP contribution in [-0.4, -0.2) is 24.9 Å². The Hall–Kier alpha value is -1.06. The summed E-state index contributed by atoms with van der Waals surface area (Å²) in [6, 6.07) is 9.89. The van der Waals surface area contributed by atoms with Crippen molar-refractivity contribution >= 4 is 0 Å². The normalized spacial score (nSPS) is 28.2. The van der Waals surface area contributed by atoms with Crippen LogP contribution in [0.5, 0.6) is 5.75 Å². The van der Waals surface area contributed by atoms with Crippen LogP contribution in [0.15, 0.2) is 30.3 Å². The lowest BCUT2D eigenvalue weighted by atomic mass is 9.88. The quantitative estimate of drug-likeness (QED) is 0.797. The Labute approximate surface area is 103 Å². The first kappa shape index (κ1) is 12.4.